The molecule has 3 fully saturated rings. The molecule has 1 aromatic carbocycles. The number of fused-ring (bicyclic) bond motifs is 2. The Morgan fingerprint density at radius 1 is 0.779 bits per heavy atom. The number of primary amides is 1. The SMILES string of the molecule is CN(C)CCCC[C@@H]1NC(=O)[C@H](CSSc2ccccn2)NC(O)C[C@@H](C(=O)N2CCC[C@H]2C(N)=O)NC(=O)[C@H](CCCCNC(=O)[C@@H](N)CSSc2ccccn2)NC(=O)[C@@H]2CCCN2C(=O)COC(=O)[C@H](Cc2c[nH]c3ccccc23)NC1=O. The zero-order valence-corrected chi connectivity index (χ0v) is 51.5. The molecular weight excluding hydrogens is 1180 g/mol. The van der Waals surface area contributed by atoms with E-state index in [0.717, 1.165) is 15.9 Å². The highest BCUT2D eigenvalue weighted by Gasteiger charge is 2.41. The third-order valence-corrected chi connectivity index (χ3v) is 19.4. The summed E-state index contributed by atoms with van der Waals surface area (Å²) in [5, 5.41) is 31.2. The molecule has 12 N–H and O–H groups in total. The molecule has 8 amide bonds. The van der Waals surface area contributed by atoms with Gasteiger partial charge in [0, 0.05) is 73.5 Å². The molecule has 86 heavy (non-hydrogen) atoms. The Bertz CT molecular complexity index is 2930. The van der Waals surface area contributed by atoms with E-state index in [4.69, 9.17) is 16.2 Å². The van der Waals surface area contributed by atoms with Gasteiger partial charge in [0.05, 0.1) is 12.1 Å². The summed E-state index contributed by atoms with van der Waals surface area (Å²) in [5.41, 5.74) is 13.4. The molecule has 1 unspecified atom stereocenters. The van der Waals surface area contributed by atoms with Crippen molar-refractivity contribution in [3.05, 3.63) is 84.8 Å². The third kappa shape index (κ3) is 20.3. The lowest BCUT2D eigenvalue weighted by Crippen LogP contribution is -2.60. The Labute approximate surface area is 515 Å². The summed E-state index contributed by atoms with van der Waals surface area (Å²) in [7, 11) is 9.05. The number of aromatic amines is 1. The lowest BCUT2D eigenvalue weighted by Gasteiger charge is -2.32. The third-order valence-electron chi connectivity index (χ3n) is 14.8. The van der Waals surface area contributed by atoms with E-state index < -0.39 is 121 Å². The van der Waals surface area contributed by atoms with Gasteiger partial charge in [0.15, 0.2) is 6.61 Å². The van der Waals surface area contributed by atoms with Crippen LogP contribution in [0.15, 0.2) is 89.3 Å². The number of benzene rings is 1. The molecule has 6 heterocycles. The number of likely N-dealkylation sites (tertiary alicyclic amines) is 1. The van der Waals surface area contributed by atoms with E-state index in [2.05, 4.69) is 46.9 Å². The molecule has 0 bridgehead atoms. The molecule has 3 aliphatic heterocycles. The van der Waals surface area contributed by atoms with Crippen molar-refractivity contribution in [3.63, 3.8) is 0 Å². The summed E-state index contributed by atoms with van der Waals surface area (Å²) in [6.07, 6.45) is 5.64. The second-order valence-corrected chi connectivity index (χ2v) is 26.2. The molecule has 466 valence electrons. The Morgan fingerprint density at radius 3 is 2.12 bits per heavy atom. The average Bonchev–Trinajstić information content (AvgIpc) is 4.03. The smallest absolute Gasteiger partial charge is 0.329 e. The molecule has 0 aliphatic carbocycles. The van der Waals surface area contributed by atoms with Crippen molar-refractivity contribution in [2.24, 2.45) is 11.5 Å². The van der Waals surface area contributed by atoms with Gasteiger partial charge in [-0.1, -0.05) is 51.9 Å². The molecule has 3 aliphatic rings. The number of rotatable bonds is 23. The fourth-order valence-electron chi connectivity index (χ4n) is 10.3. The maximum atomic E-state index is 14.8. The maximum absolute atomic E-state index is 14.8. The largest absolute Gasteiger partial charge is 0.454 e. The number of carbonyl (C=O) groups excluding carboxylic acids is 9. The van der Waals surface area contributed by atoms with E-state index in [1.807, 2.05) is 55.4 Å². The van der Waals surface area contributed by atoms with E-state index >= 15 is 0 Å². The predicted octanol–water partition coefficient (Wildman–Crippen LogP) is 1.36. The number of hydrogen-bond donors (Lipinski definition) is 10. The molecule has 0 spiro atoms. The highest BCUT2D eigenvalue weighted by molar-refractivity contribution is 8.77. The van der Waals surface area contributed by atoms with Crippen LogP contribution >= 0.6 is 43.2 Å². The number of unbranched alkanes of at least 4 members (excludes halogenated alkanes) is 2. The number of nitrogens with one attached hydrogen (secondary N) is 7. The molecule has 7 rings (SSSR count). The number of pyridine rings is 2. The zero-order chi connectivity index (χ0) is 61.5. The van der Waals surface area contributed by atoms with Gasteiger partial charge < -0.3 is 67.6 Å². The van der Waals surface area contributed by atoms with Gasteiger partial charge in [-0.25, -0.2) is 14.8 Å². The van der Waals surface area contributed by atoms with Crippen LogP contribution in [0.1, 0.15) is 76.2 Å². The van der Waals surface area contributed by atoms with Crippen LogP contribution in [0.2, 0.25) is 0 Å². The molecule has 25 nitrogen and oxygen atoms in total. The summed E-state index contributed by atoms with van der Waals surface area (Å²) in [6, 6.07) is 8.40. The Morgan fingerprint density at radius 2 is 1.42 bits per heavy atom. The van der Waals surface area contributed by atoms with Crippen LogP contribution in [0.4, 0.5) is 0 Å². The summed E-state index contributed by atoms with van der Waals surface area (Å²) < 4.78 is 5.71. The Kier molecular flexibility index (Phi) is 26.6. The Hall–Kier alpha value is -6.47. The van der Waals surface area contributed by atoms with Crippen LogP contribution in [-0.2, 0) is 54.3 Å². The van der Waals surface area contributed by atoms with Gasteiger partial charge in [-0.3, -0.25) is 43.7 Å². The van der Waals surface area contributed by atoms with E-state index in [0.29, 0.717) is 55.0 Å². The first-order valence-corrected chi connectivity index (χ1v) is 33.4. The molecular formula is C57H78N14O11S4. The number of esters is 1. The number of aromatic nitrogens is 3. The lowest BCUT2D eigenvalue weighted by molar-refractivity contribution is -0.155. The van der Waals surface area contributed by atoms with Crippen molar-refractivity contribution in [3.8, 4) is 0 Å². The lowest BCUT2D eigenvalue weighted by atomic mass is 10.0. The molecule has 3 aromatic heterocycles. The number of carbonyl (C=O) groups is 9. The van der Waals surface area contributed by atoms with Gasteiger partial charge in [0.2, 0.25) is 41.4 Å². The van der Waals surface area contributed by atoms with Crippen molar-refractivity contribution < 1.29 is 53.0 Å². The van der Waals surface area contributed by atoms with Gasteiger partial charge >= 0.3 is 5.97 Å². The Balaban J connectivity index is 1.18. The molecule has 9 atom stereocenters. The van der Waals surface area contributed by atoms with Crippen molar-refractivity contribution in [1.82, 2.24) is 61.6 Å². The van der Waals surface area contributed by atoms with Gasteiger partial charge in [-0.15, -0.1) is 0 Å². The minimum Gasteiger partial charge on any atom is -0.454 e. The van der Waals surface area contributed by atoms with E-state index in [1.54, 1.807) is 42.9 Å². The summed E-state index contributed by atoms with van der Waals surface area (Å²) >= 11 is 0. The number of H-pyrrole nitrogens is 1. The number of cyclic esters (lactones) is 1. The number of amides is 8. The van der Waals surface area contributed by atoms with Crippen LogP contribution in [0.3, 0.4) is 0 Å². The first-order chi connectivity index (χ1) is 41.4. The minimum atomic E-state index is -1.72. The first-order valence-electron chi connectivity index (χ1n) is 28.8. The topological polar surface area (TPSA) is 359 Å². The maximum Gasteiger partial charge on any atom is 0.329 e. The second-order valence-electron chi connectivity index (χ2n) is 21.5. The number of hydrogen-bond acceptors (Lipinski definition) is 20. The standard InChI is InChI=1S/C57H78N14O11S4/c1-69(2)26-12-8-18-39-53(77)68-42(29-35-31-63-38-16-4-3-15-36(35)38)57(81)82-32-49(73)70-27-14-20-45(70)55(79)66-40(17-5-9-25-62-51(75)37(58)33-83-85-47-21-6-10-23-60-47)52(76)67-41(56(80)71-28-13-19-44(71)50(59)74)30-46(72)64-43(54(78)65-39)34-84-86-48-22-7-11-24-61-48/h3-4,6-7,10-11,15-16,21-24,31,37,39-46,63-64,72H,5,8-9,12-14,17-20,25-30,32-34,58H2,1-2H3,(H2,59,74)(H,62,75)(H,65,78)(H,66,79)(H,67,76)(H,68,77)/t37-,39-,40-,41-,42-,43-,44-,45-,46?/m0/s1. The normalized spacial score (nSPS) is 23.5. The van der Waals surface area contributed by atoms with Gasteiger partial charge in [0.1, 0.15) is 52.5 Å². The van der Waals surface area contributed by atoms with Crippen LogP contribution in [-0.4, -0.2) is 201 Å². The van der Waals surface area contributed by atoms with E-state index in [1.165, 1.54) is 53.0 Å². The highest BCUT2D eigenvalue weighted by atomic mass is 33.1. The van der Waals surface area contributed by atoms with Crippen molar-refractivity contribution in [2.75, 3.05) is 58.4 Å². The molecule has 0 saturated carbocycles. The number of nitrogens with zero attached hydrogens (tertiary/aromatic N) is 5. The number of nitrogens with two attached hydrogens (primary N) is 2. The number of ether oxygens (including phenoxy) is 1. The monoisotopic (exact) mass is 1260 g/mol. The average molecular weight is 1260 g/mol. The summed E-state index contributed by atoms with van der Waals surface area (Å²) in [5.74, 6) is -6.32. The molecule has 3 saturated heterocycles. The number of aliphatic hydroxyl groups excluding tert-OH is 1. The number of aliphatic hydroxyl groups is 1. The van der Waals surface area contributed by atoms with Crippen molar-refractivity contribution >= 4 is 107 Å². The van der Waals surface area contributed by atoms with Crippen LogP contribution < -0.4 is 43.4 Å². The summed E-state index contributed by atoms with van der Waals surface area (Å²) in [6.45, 7) is 0.243. The van der Waals surface area contributed by atoms with Gasteiger partial charge in [-0.2, -0.15) is 0 Å². The van der Waals surface area contributed by atoms with Crippen LogP contribution in [0.5, 0.6) is 0 Å². The van der Waals surface area contributed by atoms with E-state index in [9.17, 15) is 48.3 Å². The fourth-order valence-corrected chi connectivity index (χ4v) is 14.4. The van der Waals surface area contributed by atoms with Crippen LogP contribution in [0.25, 0.3) is 10.9 Å². The molecule has 4 aromatic rings. The van der Waals surface area contributed by atoms with Crippen molar-refractivity contribution in [1.29, 1.82) is 0 Å². The van der Waals surface area contributed by atoms with Crippen LogP contribution in [0, 0.1) is 0 Å². The second kappa shape index (κ2) is 34.2. The quantitative estimate of drug-likeness (QED) is 0.0285. The fraction of sp³-hybridized carbons (Fsp3) is 0.526. The van der Waals surface area contributed by atoms with E-state index in [-0.39, 0.29) is 63.9 Å². The summed E-state index contributed by atoms with van der Waals surface area (Å²) in [4.78, 5) is 144. The zero-order valence-electron chi connectivity index (χ0n) is 48.2. The van der Waals surface area contributed by atoms with Gasteiger partial charge in [-0.05, 0) is 142 Å². The first kappa shape index (κ1) is 67.0. The minimum absolute atomic E-state index is 0.0308. The predicted molar refractivity (Wildman–Crippen MR) is 329 cm³/mol. The molecule has 0 radical (unpaired) electrons. The van der Waals surface area contributed by atoms with Gasteiger partial charge in [0.25, 0.3) is 5.91 Å². The van der Waals surface area contributed by atoms with Crippen molar-refractivity contribution in [2.45, 2.75) is 142 Å². The molecule has 29 heteroatoms. The highest BCUT2D eigenvalue weighted by Crippen LogP contribution is 2.31. The number of para-hydroxylation sites is 1.